The van der Waals surface area contributed by atoms with Crippen molar-refractivity contribution in [3.05, 3.63) is 28.4 Å². The summed E-state index contributed by atoms with van der Waals surface area (Å²) in [6.45, 7) is 1.17. The molecule has 96 valence electrons. The van der Waals surface area contributed by atoms with Crippen LogP contribution < -0.4 is 5.32 Å². The lowest BCUT2D eigenvalue weighted by Gasteiger charge is -2.23. The topological polar surface area (TPSA) is 29.9 Å². The minimum Gasteiger partial charge on any atom is -0.314 e. The highest BCUT2D eigenvalue weighted by Gasteiger charge is 2.14. The zero-order valence-corrected chi connectivity index (χ0v) is 12.2. The molecule has 1 fully saturated rings. The van der Waals surface area contributed by atoms with Crippen LogP contribution in [0.15, 0.2) is 22.8 Å². The molecule has 1 N–H and O–H groups in total. The quantitative estimate of drug-likeness (QED) is 0.924. The Kier molecular flexibility index (Phi) is 3.39. The largest absolute Gasteiger partial charge is 0.314 e. The van der Waals surface area contributed by atoms with Gasteiger partial charge in [0, 0.05) is 18.5 Å². The van der Waals surface area contributed by atoms with E-state index in [0.717, 1.165) is 11.0 Å². The molecule has 1 aromatic carbocycles. The van der Waals surface area contributed by atoms with Gasteiger partial charge in [0.2, 0.25) is 0 Å². The molecule has 1 aliphatic heterocycles. The van der Waals surface area contributed by atoms with Crippen LogP contribution in [0.5, 0.6) is 0 Å². The van der Waals surface area contributed by atoms with Gasteiger partial charge in [0.15, 0.2) is 0 Å². The van der Waals surface area contributed by atoms with Gasteiger partial charge in [-0.3, -0.25) is 4.68 Å². The molecule has 0 radical (unpaired) electrons. The number of aryl methyl sites for hydroxylation is 1. The number of hydrogen-bond acceptors (Lipinski definition) is 2. The maximum atomic E-state index is 4.40. The van der Waals surface area contributed by atoms with Gasteiger partial charge < -0.3 is 5.32 Å². The normalized spacial score (nSPS) is 20.4. The monoisotopic (exact) mass is 307 g/mol. The SMILES string of the molecule is Cn1nc(Br)c2ccc(CC3CCCCN3)cc21. The Hall–Kier alpha value is -0.870. The van der Waals surface area contributed by atoms with E-state index < -0.39 is 0 Å². The molecular formula is C14H18BrN3. The van der Waals surface area contributed by atoms with Crippen molar-refractivity contribution in [3.63, 3.8) is 0 Å². The predicted molar refractivity (Wildman–Crippen MR) is 77.8 cm³/mol. The molecule has 3 rings (SSSR count). The second-order valence-electron chi connectivity index (χ2n) is 5.12. The third-order valence-corrected chi connectivity index (χ3v) is 4.35. The first-order chi connectivity index (χ1) is 8.74. The number of hydrogen-bond donors (Lipinski definition) is 1. The Morgan fingerprint density at radius 3 is 3.11 bits per heavy atom. The average molecular weight is 308 g/mol. The number of halogens is 1. The van der Waals surface area contributed by atoms with Crippen LogP contribution in [-0.4, -0.2) is 22.4 Å². The van der Waals surface area contributed by atoms with E-state index in [2.05, 4.69) is 44.5 Å². The van der Waals surface area contributed by atoms with Crippen molar-refractivity contribution in [2.24, 2.45) is 7.05 Å². The molecule has 2 aromatic rings. The van der Waals surface area contributed by atoms with Gasteiger partial charge in [-0.1, -0.05) is 12.5 Å². The van der Waals surface area contributed by atoms with Crippen LogP contribution in [0.3, 0.4) is 0 Å². The molecule has 1 aromatic heterocycles. The number of benzene rings is 1. The molecular weight excluding hydrogens is 290 g/mol. The Balaban J connectivity index is 1.86. The highest BCUT2D eigenvalue weighted by Crippen LogP contribution is 2.24. The first-order valence-corrected chi connectivity index (χ1v) is 7.38. The van der Waals surface area contributed by atoms with Crippen molar-refractivity contribution in [1.29, 1.82) is 0 Å². The van der Waals surface area contributed by atoms with Crippen LogP contribution in [0.25, 0.3) is 10.9 Å². The summed E-state index contributed by atoms with van der Waals surface area (Å²) in [7, 11) is 2.00. The van der Waals surface area contributed by atoms with Crippen molar-refractivity contribution in [2.45, 2.75) is 31.7 Å². The first-order valence-electron chi connectivity index (χ1n) is 6.58. The molecule has 0 spiro atoms. The second kappa shape index (κ2) is 5.02. The summed E-state index contributed by atoms with van der Waals surface area (Å²) in [5.74, 6) is 0. The molecule has 3 nitrogen and oxygen atoms in total. The second-order valence-corrected chi connectivity index (χ2v) is 5.87. The summed E-state index contributed by atoms with van der Waals surface area (Å²) in [5, 5.41) is 9.19. The molecule has 1 unspecified atom stereocenters. The van der Waals surface area contributed by atoms with E-state index in [4.69, 9.17) is 0 Å². The van der Waals surface area contributed by atoms with Gasteiger partial charge in [0.05, 0.1) is 5.52 Å². The van der Waals surface area contributed by atoms with Crippen molar-refractivity contribution >= 4 is 26.8 Å². The summed E-state index contributed by atoms with van der Waals surface area (Å²) in [4.78, 5) is 0. The summed E-state index contributed by atoms with van der Waals surface area (Å²) >= 11 is 3.50. The van der Waals surface area contributed by atoms with E-state index in [1.807, 2.05) is 11.7 Å². The van der Waals surface area contributed by atoms with Gasteiger partial charge in [0.1, 0.15) is 4.60 Å². The highest BCUT2D eigenvalue weighted by molar-refractivity contribution is 9.10. The molecule has 0 amide bonds. The maximum absolute atomic E-state index is 4.40. The molecule has 0 saturated carbocycles. The van der Waals surface area contributed by atoms with E-state index in [-0.39, 0.29) is 0 Å². The van der Waals surface area contributed by atoms with Crippen molar-refractivity contribution in [3.8, 4) is 0 Å². The number of nitrogens with zero attached hydrogens (tertiary/aromatic N) is 2. The van der Waals surface area contributed by atoms with Gasteiger partial charge in [0.25, 0.3) is 0 Å². The average Bonchev–Trinajstić information content (AvgIpc) is 2.66. The molecule has 4 heteroatoms. The van der Waals surface area contributed by atoms with Crippen LogP contribution in [-0.2, 0) is 13.5 Å². The smallest absolute Gasteiger partial charge is 0.135 e. The number of rotatable bonds is 2. The standard InChI is InChI=1S/C14H18BrN3/c1-18-13-9-10(5-6-12(13)14(15)17-18)8-11-4-2-3-7-16-11/h5-6,9,11,16H,2-4,7-8H2,1H3. The van der Waals surface area contributed by atoms with Crippen molar-refractivity contribution < 1.29 is 0 Å². The molecule has 1 saturated heterocycles. The number of fused-ring (bicyclic) bond motifs is 1. The zero-order valence-electron chi connectivity index (χ0n) is 10.6. The lowest BCUT2D eigenvalue weighted by Crippen LogP contribution is -2.35. The minimum atomic E-state index is 0.646. The van der Waals surface area contributed by atoms with Gasteiger partial charge in [-0.05, 0) is 59.4 Å². The molecule has 2 heterocycles. The van der Waals surface area contributed by atoms with Crippen LogP contribution in [0.4, 0.5) is 0 Å². The zero-order chi connectivity index (χ0) is 12.5. The number of aromatic nitrogens is 2. The van der Waals surface area contributed by atoms with Gasteiger partial charge in [-0.25, -0.2) is 0 Å². The Morgan fingerprint density at radius 1 is 1.44 bits per heavy atom. The van der Waals surface area contributed by atoms with Gasteiger partial charge >= 0.3 is 0 Å². The van der Waals surface area contributed by atoms with E-state index in [9.17, 15) is 0 Å². The van der Waals surface area contributed by atoms with E-state index in [0.29, 0.717) is 6.04 Å². The highest BCUT2D eigenvalue weighted by atomic mass is 79.9. The minimum absolute atomic E-state index is 0.646. The fourth-order valence-electron chi connectivity index (χ4n) is 2.77. The number of nitrogens with one attached hydrogen (secondary N) is 1. The fraction of sp³-hybridized carbons (Fsp3) is 0.500. The lowest BCUT2D eigenvalue weighted by atomic mass is 9.97. The third kappa shape index (κ3) is 2.31. The Bertz CT molecular complexity index is 555. The molecule has 1 atom stereocenters. The van der Waals surface area contributed by atoms with E-state index in [1.54, 1.807) is 0 Å². The fourth-order valence-corrected chi connectivity index (χ4v) is 3.34. The predicted octanol–water partition coefficient (Wildman–Crippen LogP) is 3.02. The summed E-state index contributed by atoms with van der Waals surface area (Å²) < 4.78 is 2.87. The lowest BCUT2D eigenvalue weighted by molar-refractivity contribution is 0.399. The molecule has 0 bridgehead atoms. The van der Waals surface area contributed by atoms with Crippen LogP contribution in [0.1, 0.15) is 24.8 Å². The van der Waals surface area contributed by atoms with Crippen molar-refractivity contribution in [1.82, 2.24) is 15.1 Å². The van der Waals surface area contributed by atoms with Gasteiger partial charge in [-0.2, -0.15) is 5.10 Å². The number of piperidine rings is 1. The van der Waals surface area contributed by atoms with E-state index in [1.165, 1.54) is 42.3 Å². The van der Waals surface area contributed by atoms with Crippen LogP contribution in [0.2, 0.25) is 0 Å². The maximum Gasteiger partial charge on any atom is 0.135 e. The first kappa shape index (κ1) is 12.2. The molecule has 0 aliphatic carbocycles. The van der Waals surface area contributed by atoms with Crippen molar-refractivity contribution in [2.75, 3.05) is 6.54 Å². The van der Waals surface area contributed by atoms with Crippen LogP contribution in [0, 0.1) is 0 Å². The van der Waals surface area contributed by atoms with E-state index >= 15 is 0 Å². The summed E-state index contributed by atoms with van der Waals surface area (Å²) in [6.07, 6.45) is 5.10. The molecule has 1 aliphatic rings. The third-order valence-electron chi connectivity index (χ3n) is 3.77. The van der Waals surface area contributed by atoms with Crippen LogP contribution >= 0.6 is 15.9 Å². The Labute approximate surface area is 116 Å². The molecule has 18 heavy (non-hydrogen) atoms. The summed E-state index contributed by atoms with van der Waals surface area (Å²) in [5.41, 5.74) is 2.60. The summed E-state index contributed by atoms with van der Waals surface area (Å²) in [6, 6.07) is 7.31. The van der Waals surface area contributed by atoms with Gasteiger partial charge in [-0.15, -0.1) is 0 Å². The Morgan fingerprint density at radius 2 is 2.33 bits per heavy atom.